The monoisotopic (exact) mass is 371 g/mol. The minimum absolute atomic E-state index is 0.174. The van der Waals surface area contributed by atoms with Gasteiger partial charge in [-0.15, -0.1) is 0 Å². The molecule has 0 radical (unpaired) electrons. The quantitative estimate of drug-likeness (QED) is 0.700. The zero-order valence-electron chi connectivity index (χ0n) is 16.4. The van der Waals surface area contributed by atoms with Gasteiger partial charge < -0.3 is 10.2 Å². The fourth-order valence-corrected chi connectivity index (χ4v) is 3.76. The molecule has 0 spiro atoms. The summed E-state index contributed by atoms with van der Waals surface area (Å²) < 4.78 is 0. The molecule has 0 fully saturated rings. The maximum absolute atomic E-state index is 12.8. The van der Waals surface area contributed by atoms with E-state index in [9.17, 15) is 4.79 Å². The van der Waals surface area contributed by atoms with Crippen LogP contribution >= 0.6 is 0 Å². The molecule has 0 bridgehead atoms. The van der Waals surface area contributed by atoms with E-state index in [1.807, 2.05) is 30.3 Å². The number of carbonyl (C=O) groups excluding carboxylic acids is 1. The lowest BCUT2D eigenvalue weighted by Gasteiger charge is -2.30. The van der Waals surface area contributed by atoms with Crippen LogP contribution in [0.3, 0.4) is 0 Å². The van der Waals surface area contributed by atoms with E-state index in [0.29, 0.717) is 11.6 Å². The number of hydrogen-bond acceptors (Lipinski definition) is 3. The van der Waals surface area contributed by atoms with Gasteiger partial charge >= 0.3 is 0 Å². The van der Waals surface area contributed by atoms with E-state index in [1.54, 1.807) is 6.20 Å². The molecule has 4 rings (SSSR count). The van der Waals surface area contributed by atoms with Crippen molar-refractivity contribution in [2.45, 2.75) is 32.7 Å². The Balaban J connectivity index is 1.54. The highest BCUT2D eigenvalue weighted by molar-refractivity contribution is 6.03. The molecule has 2 heterocycles. The molecule has 0 saturated heterocycles. The van der Waals surface area contributed by atoms with E-state index < -0.39 is 0 Å². The number of para-hydroxylation sites is 1. The van der Waals surface area contributed by atoms with Gasteiger partial charge in [-0.25, -0.2) is 0 Å². The zero-order valence-corrected chi connectivity index (χ0v) is 16.4. The standard InChI is InChI=1S/C24H25N3O/c1-17(2)21-9-5-6-10-22(21)26-24(28)23-15-20(11-13-25-23)27-14-12-18-7-3-4-8-19(18)16-27/h3-11,13,15,17H,12,14,16H2,1-2H3,(H,26,28). The van der Waals surface area contributed by atoms with Crippen LogP contribution in [0, 0.1) is 0 Å². The van der Waals surface area contributed by atoms with Crippen LogP contribution in [-0.4, -0.2) is 17.4 Å². The summed E-state index contributed by atoms with van der Waals surface area (Å²) >= 11 is 0. The topological polar surface area (TPSA) is 45.2 Å². The van der Waals surface area contributed by atoms with Crippen LogP contribution in [0.4, 0.5) is 11.4 Å². The van der Waals surface area contributed by atoms with Gasteiger partial charge in [0.2, 0.25) is 0 Å². The van der Waals surface area contributed by atoms with Gasteiger partial charge in [0.15, 0.2) is 0 Å². The largest absolute Gasteiger partial charge is 0.367 e. The maximum Gasteiger partial charge on any atom is 0.274 e. The van der Waals surface area contributed by atoms with Gasteiger partial charge in [0, 0.05) is 30.7 Å². The highest BCUT2D eigenvalue weighted by atomic mass is 16.1. The Labute approximate surface area is 166 Å². The summed E-state index contributed by atoms with van der Waals surface area (Å²) in [5.41, 5.74) is 6.21. The van der Waals surface area contributed by atoms with Gasteiger partial charge in [-0.2, -0.15) is 0 Å². The lowest BCUT2D eigenvalue weighted by molar-refractivity contribution is 0.102. The molecule has 3 aromatic rings. The van der Waals surface area contributed by atoms with Crippen molar-refractivity contribution in [2.24, 2.45) is 0 Å². The molecule has 28 heavy (non-hydrogen) atoms. The van der Waals surface area contributed by atoms with E-state index in [4.69, 9.17) is 0 Å². The third-order valence-electron chi connectivity index (χ3n) is 5.30. The van der Waals surface area contributed by atoms with Crippen molar-refractivity contribution in [1.29, 1.82) is 0 Å². The van der Waals surface area contributed by atoms with Gasteiger partial charge in [-0.3, -0.25) is 9.78 Å². The van der Waals surface area contributed by atoms with Crippen molar-refractivity contribution in [2.75, 3.05) is 16.8 Å². The van der Waals surface area contributed by atoms with Crippen LogP contribution in [0.25, 0.3) is 0 Å². The summed E-state index contributed by atoms with van der Waals surface area (Å²) in [4.78, 5) is 19.4. The first-order valence-corrected chi connectivity index (χ1v) is 9.80. The number of nitrogens with zero attached hydrogens (tertiary/aromatic N) is 2. The van der Waals surface area contributed by atoms with E-state index in [-0.39, 0.29) is 5.91 Å². The van der Waals surface area contributed by atoms with E-state index >= 15 is 0 Å². The van der Waals surface area contributed by atoms with Crippen molar-refractivity contribution in [3.8, 4) is 0 Å². The Morgan fingerprint density at radius 3 is 2.61 bits per heavy atom. The fourth-order valence-electron chi connectivity index (χ4n) is 3.76. The second-order valence-corrected chi connectivity index (χ2v) is 7.54. The number of benzene rings is 2. The predicted octanol–water partition coefficient (Wildman–Crippen LogP) is 5.02. The number of pyridine rings is 1. The molecule has 0 unspecified atom stereocenters. The molecular formula is C24H25N3O. The molecule has 1 aromatic heterocycles. The molecule has 1 aliphatic rings. The molecule has 2 aromatic carbocycles. The lowest BCUT2D eigenvalue weighted by atomic mass is 9.99. The molecule has 1 amide bonds. The first-order valence-electron chi connectivity index (χ1n) is 9.80. The van der Waals surface area contributed by atoms with Gasteiger partial charge in [0.25, 0.3) is 5.91 Å². The number of carbonyl (C=O) groups is 1. The second-order valence-electron chi connectivity index (χ2n) is 7.54. The average molecular weight is 371 g/mol. The van der Waals surface area contributed by atoms with Crippen molar-refractivity contribution in [3.63, 3.8) is 0 Å². The summed E-state index contributed by atoms with van der Waals surface area (Å²) in [5, 5.41) is 3.03. The van der Waals surface area contributed by atoms with Gasteiger partial charge in [0.1, 0.15) is 5.69 Å². The molecule has 142 valence electrons. The molecule has 1 aliphatic heterocycles. The minimum atomic E-state index is -0.174. The first-order chi connectivity index (χ1) is 13.6. The number of fused-ring (bicyclic) bond motifs is 1. The Hall–Kier alpha value is -3.14. The Morgan fingerprint density at radius 1 is 1.04 bits per heavy atom. The number of aromatic nitrogens is 1. The summed E-state index contributed by atoms with van der Waals surface area (Å²) in [7, 11) is 0. The molecule has 0 aliphatic carbocycles. The van der Waals surface area contributed by atoms with Crippen LogP contribution in [-0.2, 0) is 13.0 Å². The summed E-state index contributed by atoms with van der Waals surface area (Å²) in [6.45, 7) is 6.05. The Kier molecular flexibility index (Phi) is 5.11. The highest BCUT2D eigenvalue weighted by Gasteiger charge is 2.18. The van der Waals surface area contributed by atoms with E-state index in [0.717, 1.165) is 36.4 Å². The number of hydrogen-bond donors (Lipinski definition) is 1. The van der Waals surface area contributed by atoms with Crippen LogP contribution in [0.1, 0.15) is 46.9 Å². The normalized spacial score (nSPS) is 13.3. The van der Waals surface area contributed by atoms with Crippen molar-refractivity contribution in [3.05, 3.63) is 89.2 Å². The van der Waals surface area contributed by atoms with Gasteiger partial charge in [-0.05, 0) is 47.2 Å². The number of rotatable bonds is 4. The summed E-state index contributed by atoms with van der Waals surface area (Å²) in [5.74, 6) is 0.163. The zero-order chi connectivity index (χ0) is 19.5. The maximum atomic E-state index is 12.8. The van der Waals surface area contributed by atoms with Crippen LogP contribution in [0.2, 0.25) is 0 Å². The van der Waals surface area contributed by atoms with Crippen molar-refractivity contribution < 1.29 is 4.79 Å². The molecular weight excluding hydrogens is 346 g/mol. The Bertz CT molecular complexity index is 996. The van der Waals surface area contributed by atoms with Crippen molar-refractivity contribution in [1.82, 2.24) is 4.98 Å². The number of amides is 1. The van der Waals surface area contributed by atoms with Crippen LogP contribution in [0.5, 0.6) is 0 Å². The molecule has 0 saturated carbocycles. The van der Waals surface area contributed by atoms with Crippen LogP contribution < -0.4 is 10.2 Å². The molecule has 4 heteroatoms. The average Bonchev–Trinajstić information content (AvgIpc) is 2.73. The van der Waals surface area contributed by atoms with E-state index in [1.165, 1.54) is 11.1 Å². The third-order valence-corrected chi connectivity index (χ3v) is 5.30. The Morgan fingerprint density at radius 2 is 1.79 bits per heavy atom. The second kappa shape index (κ2) is 7.85. The minimum Gasteiger partial charge on any atom is -0.367 e. The highest BCUT2D eigenvalue weighted by Crippen LogP contribution is 2.26. The molecule has 1 N–H and O–H groups in total. The van der Waals surface area contributed by atoms with E-state index in [2.05, 4.69) is 59.4 Å². The predicted molar refractivity (Wildman–Crippen MR) is 114 cm³/mol. The SMILES string of the molecule is CC(C)c1ccccc1NC(=O)c1cc(N2CCc3ccccc3C2)ccn1. The number of anilines is 2. The van der Waals surface area contributed by atoms with Crippen molar-refractivity contribution >= 4 is 17.3 Å². The summed E-state index contributed by atoms with van der Waals surface area (Å²) in [6, 6.07) is 20.4. The smallest absolute Gasteiger partial charge is 0.274 e. The fraction of sp³-hybridized carbons (Fsp3) is 0.250. The van der Waals surface area contributed by atoms with Crippen LogP contribution in [0.15, 0.2) is 66.9 Å². The lowest BCUT2D eigenvalue weighted by Crippen LogP contribution is -2.30. The molecule has 4 nitrogen and oxygen atoms in total. The summed E-state index contributed by atoms with van der Waals surface area (Å²) in [6.07, 6.45) is 2.74. The van der Waals surface area contributed by atoms with Gasteiger partial charge in [0.05, 0.1) is 0 Å². The number of nitrogens with one attached hydrogen (secondary N) is 1. The third kappa shape index (κ3) is 3.77. The molecule has 0 atom stereocenters. The van der Waals surface area contributed by atoms with Gasteiger partial charge in [-0.1, -0.05) is 56.3 Å². The first kappa shape index (κ1) is 18.2.